The van der Waals surface area contributed by atoms with E-state index in [4.69, 9.17) is 9.47 Å². The second kappa shape index (κ2) is 6.58. The summed E-state index contributed by atoms with van der Waals surface area (Å²) in [4.78, 5) is 0. The first-order chi connectivity index (χ1) is 7.84. The zero-order chi connectivity index (χ0) is 11.2. The zero-order valence-electron chi connectivity index (χ0n) is 10.4. The Morgan fingerprint density at radius 3 is 2.56 bits per heavy atom. The predicted molar refractivity (Wildman–Crippen MR) is 64.4 cm³/mol. The molecule has 0 radical (unpaired) electrons. The maximum atomic E-state index is 5.58. The summed E-state index contributed by atoms with van der Waals surface area (Å²) in [5, 5.41) is 3.71. The molecule has 3 nitrogen and oxygen atoms in total. The van der Waals surface area contributed by atoms with Crippen molar-refractivity contribution >= 4 is 0 Å². The topological polar surface area (TPSA) is 30.5 Å². The lowest BCUT2D eigenvalue weighted by atomic mass is 10.1. The van der Waals surface area contributed by atoms with Gasteiger partial charge in [0.25, 0.3) is 0 Å². The van der Waals surface area contributed by atoms with Gasteiger partial charge in [0, 0.05) is 12.1 Å². The minimum absolute atomic E-state index is 0.0640. The van der Waals surface area contributed by atoms with Gasteiger partial charge in [0.1, 0.15) is 0 Å². The zero-order valence-corrected chi connectivity index (χ0v) is 10.4. The summed E-state index contributed by atoms with van der Waals surface area (Å²) in [6.07, 6.45) is 8.74. The molecule has 2 rings (SSSR count). The van der Waals surface area contributed by atoms with Crippen LogP contribution in [0.1, 0.15) is 51.9 Å². The number of nitrogens with one attached hydrogen (secondary N) is 1. The van der Waals surface area contributed by atoms with E-state index in [0.717, 1.165) is 26.1 Å². The second-order valence-electron chi connectivity index (χ2n) is 5.15. The van der Waals surface area contributed by atoms with Crippen LogP contribution in [0.15, 0.2) is 0 Å². The van der Waals surface area contributed by atoms with E-state index >= 15 is 0 Å². The Kier molecular flexibility index (Phi) is 5.07. The van der Waals surface area contributed by atoms with Crippen molar-refractivity contribution in [1.29, 1.82) is 0 Å². The first kappa shape index (κ1) is 12.3. The van der Waals surface area contributed by atoms with Crippen LogP contribution in [-0.4, -0.2) is 31.6 Å². The van der Waals surface area contributed by atoms with E-state index in [1.54, 1.807) is 0 Å². The van der Waals surface area contributed by atoms with Crippen LogP contribution in [0.3, 0.4) is 0 Å². The molecule has 0 spiro atoms. The van der Waals surface area contributed by atoms with E-state index in [1.807, 2.05) is 0 Å². The summed E-state index contributed by atoms with van der Waals surface area (Å²) in [5.74, 6) is 0. The SMILES string of the molecule is C[C@H]1CCCC[C@@H](CCC2OCCCO2)N1. The molecular formula is C13H25NO2. The standard InChI is InChI=1S/C13H25NO2/c1-11-5-2-3-6-12(14-11)7-8-13-15-9-4-10-16-13/h11-14H,2-10H2,1H3/t11-,12-/m0/s1. The van der Waals surface area contributed by atoms with Gasteiger partial charge in [0.15, 0.2) is 6.29 Å². The maximum Gasteiger partial charge on any atom is 0.157 e. The monoisotopic (exact) mass is 227 g/mol. The molecule has 2 atom stereocenters. The highest BCUT2D eigenvalue weighted by molar-refractivity contribution is 4.76. The molecule has 2 saturated heterocycles. The molecule has 94 valence electrons. The molecule has 2 aliphatic heterocycles. The van der Waals surface area contributed by atoms with E-state index in [1.165, 1.54) is 32.1 Å². The molecule has 3 heteroatoms. The highest BCUT2D eigenvalue weighted by Crippen LogP contribution is 2.18. The third-order valence-electron chi connectivity index (χ3n) is 3.61. The molecule has 0 unspecified atom stereocenters. The fraction of sp³-hybridized carbons (Fsp3) is 1.00. The normalized spacial score (nSPS) is 33.6. The summed E-state index contributed by atoms with van der Waals surface area (Å²) >= 11 is 0. The van der Waals surface area contributed by atoms with Crippen LogP contribution >= 0.6 is 0 Å². The molecule has 0 aromatic heterocycles. The molecule has 2 aliphatic rings. The fourth-order valence-corrected chi connectivity index (χ4v) is 2.68. The van der Waals surface area contributed by atoms with Crippen LogP contribution in [-0.2, 0) is 9.47 Å². The Bertz CT molecular complexity index is 192. The van der Waals surface area contributed by atoms with Crippen molar-refractivity contribution < 1.29 is 9.47 Å². The molecule has 0 amide bonds. The van der Waals surface area contributed by atoms with Crippen molar-refractivity contribution in [2.45, 2.75) is 70.2 Å². The predicted octanol–water partition coefficient (Wildman–Crippen LogP) is 2.45. The van der Waals surface area contributed by atoms with Gasteiger partial charge in [0.05, 0.1) is 13.2 Å². The van der Waals surface area contributed by atoms with E-state index in [9.17, 15) is 0 Å². The Morgan fingerprint density at radius 2 is 1.75 bits per heavy atom. The minimum Gasteiger partial charge on any atom is -0.353 e. The Hall–Kier alpha value is -0.120. The van der Waals surface area contributed by atoms with Gasteiger partial charge in [-0.1, -0.05) is 12.8 Å². The van der Waals surface area contributed by atoms with Crippen LogP contribution in [0.25, 0.3) is 0 Å². The quantitative estimate of drug-likeness (QED) is 0.803. The summed E-state index contributed by atoms with van der Waals surface area (Å²) in [7, 11) is 0. The summed E-state index contributed by atoms with van der Waals surface area (Å²) in [6, 6.07) is 1.35. The molecule has 1 N–H and O–H groups in total. The van der Waals surface area contributed by atoms with Crippen LogP contribution in [0.2, 0.25) is 0 Å². The van der Waals surface area contributed by atoms with E-state index in [-0.39, 0.29) is 6.29 Å². The van der Waals surface area contributed by atoms with Gasteiger partial charge >= 0.3 is 0 Å². The van der Waals surface area contributed by atoms with Crippen molar-refractivity contribution in [2.24, 2.45) is 0 Å². The van der Waals surface area contributed by atoms with Gasteiger partial charge in [-0.15, -0.1) is 0 Å². The highest BCUT2D eigenvalue weighted by Gasteiger charge is 2.19. The molecule has 2 fully saturated rings. The molecular weight excluding hydrogens is 202 g/mol. The molecule has 0 saturated carbocycles. The Balaban J connectivity index is 1.67. The van der Waals surface area contributed by atoms with Crippen LogP contribution in [0, 0.1) is 0 Å². The van der Waals surface area contributed by atoms with Crippen molar-refractivity contribution in [1.82, 2.24) is 5.32 Å². The largest absolute Gasteiger partial charge is 0.353 e. The number of rotatable bonds is 3. The van der Waals surface area contributed by atoms with Gasteiger partial charge in [-0.2, -0.15) is 0 Å². The number of hydrogen-bond acceptors (Lipinski definition) is 3. The lowest BCUT2D eigenvalue weighted by Crippen LogP contribution is -2.36. The smallest absolute Gasteiger partial charge is 0.157 e. The fourth-order valence-electron chi connectivity index (χ4n) is 2.68. The number of ether oxygens (including phenoxy) is 2. The summed E-state index contributed by atoms with van der Waals surface area (Å²) in [6.45, 7) is 4.05. The van der Waals surface area contributed by atoms with Crippen LogP contribution in [0.5, 0.6) is 0 Å². The van der Waals surface area contributed by atoms with E-state index in [2.05, 4.69) is 12.2 Å². The maximum absolute atomic E-state index is 5.58. The average Bonchev–Trinajstić information content (AvgIpc) is 2.52. The Morgan fingerprint density at radius 1 is 1.00 bits per heavy atom. The lowest BCUT2D eigenvalue weighted by Gasteiger charge is -2.26. The molecule has 16 heavy (non-hydrogen) atoms. The lowest BCUT2D eigenvalue weighted by molar-refractivity contribution is -0.182. The molecule has 0 aromatic rings. The van der Waals surface area contributed by atoms with Gasteiger partial charge in [0.2, 0.25) is 0 Å². The summed E-state index contributed by atoms with van der Waals surface area (Å²) in [5.41, 5.74) is 0. The molecule has 0 bridgehead atoms. The Labute approximate surface area is 98.9 Å². The van der Waals surface area contributed by atoms with E-state index in [0.29, 0.717) is 12.1 Å². The second-order valence-corrected chi connectivity index (χ2v) is 5.15. The van der Waals surface area contributed by atoms with Crippen LogP contribution in [0.4, 0.5) is 0 Å². The summed E-state index contributed by atoms with van der Waals surface area (Å²) < 4.78 is 11.2. The third kappa shape index (κ3) is 4.04. The first-order valence-corrected chi connectivity index (χ1v) is 6.84. The van der Waals surface area contributed by atoms with Crippen LogP contribution < -0.4 is 5.32 Å². The van der Waals surface area contributed by atoms with Crippen molar-refractivity contribution in [3.8, 4) is 0 Å². The highest BCUT2D eigenvalue weighted by atomic mass is 16.7. The van der Waals surface area contributed by atoms with E-state index < -0.39 is 0 Å². The number of hydrogen-bond donors (Lipinski definition) is 1. The molecule has 2 heterocycles. The van der Waals surface area contributed by atoms with Gasteiger partial charge in [-0.25, -0.2) is 0 Å². The van der Waals surface area contributed by atoms with Crippen molar-refractivity contribution in [2.75, 3.05) is 13.2 Å². The van der Waals surface area contributed by atoms with Gasteiger partial charge < -0.3 is 14.8 Å². The minimum atomic E-state index is 0.0640. The van der Waals surface area contributed by atoms with Crippen molar-refractivity contribution in [3.05, 3.63) is 0 Å². The molecule has 0 aliphatic carbocycles. The average molecular weight is 227 g/mol. The third-order valence-corrected chi connectivity index (χ3v) is 3.61. The van der Waals surface area contributed by atoms with Gasteiger partial charge in [-0.05, 0) is 39.0 Å². The van der Waals surface area contributed by atoms with Gasteiger partial charge in [-0.3, -0.25) is 0 Å². The van der Waals surface area contributed by atoms with Crippen molar-refractivity contribution in [3.63, 3.8) is 0 Å². The first-order valence-electron chi connectivity index (χ1n) is 6.84. The molecule has 0 aromatic carbocycles.